The lowest BCUT2D eigenvalue weighted by molar-refractivity contribution is -0.488. The molecule has 0 aromatic carbocycles. The van der Waals surface area contributed by atoms with E-state index in [0.29, 0.717) is 0 Å². The Morgan fingerprint density at radius 2 is 1.22 bits per heavy atom. The van der Waals surface area contributed by atoms with Crippen molar-refractivity contribution < 1.29 is 52.6 Å². The zero-order valence-electron chi connectivity index (χ0n) is 18.1. The van der Waals surface area contributed by atoms with E-state index < -0.39 is 78.3 Å². The van der Waals surface area contributed by atoms with Gasteiger partial charge in [-0.1, -0.05) is 0 Å². The van der Waals surface area contributed by atoms with Crippen LogP contribution in [0.2, 0.25) is 0 Å². The van der Waals surface area contributed by atoms with Crippen LogP contribution in [-0.2, 0) is 47.7 Å². The predicted molar refractivity (Wildman–Crippen MR) is 99.8 cm³/mol. The van der Waals surface area contributed by atoms with Gasteiger partial charge in [0.05, 0.1) is 6.07 Å². The molecule has 0 fully saturated rings. The Morgan fingerprint density at radius 1 is 0.781 bits per heavy atom. The Kier molecular flexibility index (Phi) is 11.9. The van der Waals surface area contributed by atoms with Crippen molar-refractivity contribution in [3.63, 3.8) is 0 Å². The molecule has 32 heavy (non-hydrogen) atoms. The number of esters is 5. The van der Waals surface area contributed by atoms with Crippen molar-refractivity contribution in [2.24, 2.45) is 5.92 Å². The molecule has 0 saturated carbocycles. The standard InChI is InChI=1S/C18H24N2O12/c1-9(21)28-8-15(29-10(2)22)17(31-12(4)24)18(32-13(5)25)16(30-11(3)23)14(6-19)7-20(26)27/h14-18H,7-8H2,1-5H3/t14-,15-,16+,17+,18-/m1/s1. The normalized spacial score (nSPS) is 14.9. The second-order valence-corrected chi connectivity index (χ2v) is 6.42. The molecule has 0 N–H and O–H groups in total. The van der Waals surface area contributed by atoms with E-state index in [0.717, 1.165) is 34.6 Å². The number of hydrogen-bond acceptors (Lipinski definition) is 13. The number of nitrogens with zero attached hydrogens (tertiary/aromatic N) is 2. The molecule has 0 aliphatic rings. The first-order valence-corrected chi connectivity index (χ1v) is 9.12. The van der Waals surface area contributed by atoms with Crippen LogP contribution in [0.1, 0.15) is 34.6 Å². The summed E-state index contributed by atoms with van der Waals surface area (Å²) in [7, 11) is 0. The SMILES string of the molecule is CC(=O)OC[C@@H](OC(C)=O)[C@H](OC(C)=O)[C@H](OC(C)=O)[C@@H](OC(C)=O)[C@H](C#N)C[N+](=O)[O-]. The van der Waals surface area contributed by atoms with Crippen LogP contribution in [0.25, 0.3) is 0 Å². The van der Waals surface area contributed by atoms with Crippen molar-refractivity contribution in [2.45, 2.75) is 59.0 Å². The molecule has 0 aromatic heterocycles. The van der Waals surface area contributed by atoms with E-state index >= 15 is 0 Å². The van der Waals surface area contributed by atoms with Crippen molar-refractivity contribution in [1.82, 2.24) is 0 Å². The summed E-state index contributed by atoms with van der Waals surface area (Å²) in [5, 5.41) is 20.4. The Bertz CT molecular complexity index is 774. The zero-order valence-corrected chi connectivity index (χ0v) is 18.1. The number of hydrogen-bond donors (Lipinski definition) is 0. The molecule has 0 rings (SSSR count). The fraction of sp³-hybridized carbons (Fsp3) is 0.667. The third kappa shape index (κ3) is 10.9. The molecule has 14 nitrogen and oxygen atoms in total. The van der Waals surface area contributed by atoms with Crippen molar-refractivity contribution in [2.75, 3.05) is 13.2 Å². The highest BCUT2D eigenvalue weighted by atomic mass is 16.6. The minimum Gasteiger partial charge on any atom is -0.462 e. The lowest BCUT2D eigenvalue weighted by Crippen LogP contribution is -2.55. The second-order valence-electron chi connectivity index (χ2n) is 6.42. The first kappa shape index (κ1) is 28.2. The number of nitro groups is 1. The first-order valence-electron chi connectivity index (χ1n) is 9.12. The monoisotopic (exact) mass is 460 g/mol. The van der Waals surface area contributed by atoms with Gasteiger partial charge in [-0.25, -0.2) is 0 Å². The fourth-order valence-electron chi connectivity index (χ4n) is 2.62. The summed E-state index contributed by atoms with van der Waals surface area (Å²) in [6.45, 7) is 3.14. The highest BCUT2D eigenvalue weighted by Gasteiger charge is 2.48. The molecule has 0 bridgehead atoms. The van der Waals surface area contributed by atoms with Gasteiger partial charge in [-0.05, 0) is 0 Å². The van der Waals surface area contributed by atoms with Crippen molar-refractivity contribution in [3.05, 3.63) is 10.1 Å². The van der Waals surface area contributed by atoms with Gasteiger partial charge in [-0.2, -0.15) is 5.26 Å². The van der Waals surface area contributed by atoms with Gasteiger partial charge >= 0.3 is 29.8 Å². The van der Waals surface area contributed by atoms with Crippen LogP contribution >= 0.6 is 0 Å². The number of nitriles is 1. The highest BCUT2D eigenvalue weighted by Crippen LogP contribution is 2.24. The van der Waals surface area contributed by atoms with Crippen LogP contribution in [0.15, 0.2) is 0 Å². The summed E-state index contributed by atoms with van der Waals surface area (Å²) in [4.78, 5) is 68.1. The molecule has 0 spiro atoms. The minimum absolute atomic E-state index is 0.677. The lowest BCUT2D eigenvalue weighted by atomic mass is 9.92. The third-order valence-electron chi connectivity index (χ3n) is 3.60. The van der Waals surface area contributed by atoms with Crippen molar-refractivity contribution >= 4 is 29.8 Å². The maximum Gasteiger partial charge on any atom is 0.303 e. The van der Waals surface area contributed by atoms with Gasteiger partial charge in [0.1, 0.15) is 6.61 Å². The quantitative estimate of drug-likeness (QED) is 0.159. The number of ether oxygens (including phenoxy) is 5. The molecule has 0 saturated heterocycles. The summed E-state index contributed by atoms with van der Waals surface area (Å²) in [6, 6.07) is 1.59. The van der Waals surface area contributed by atoms with Crippen molar-refractivity contribution in [1.29, 1.82) is 5.26 Å². The van der Waals surface area contributed by atoms with Gasteiger partial charge in [0.2, 0.25) is 6.54 Å². The molecule has 0 aliphatic carbocycles. The smallest absolute Gasteiger partial charge is 0.303 e. The molecule has 0 aromatic rings. The lowest BCUT2D eigenvalue weighted by Gasteiger charge is -2.36. The van der Waals surface area contributed by atoms with E-state index in [2.05, 4.69) is 0 Å². The van der Waals surface area contributed by atoms with Gasteiger partial charge in [0.25, 0.3) is 0 Å². The number of carbonyl (C=O) groups excluding carboxylic acids is 5. The summed E-state index contributed by atoms with van der Waals surface area (Å²) in [5.41, 5.74) is 0. The molecule has 178 valence electrons. The average Bonchev–Trinajstić information content (AvgIpc) is 2.63. The minimum atomic E-state index is -1.84. The van der Waals surface area contributed by atoms with E-state index in [1.165, 1.54) is 0 Å². The van der Waals surface area contributed by atoms with Gasteiger partial charge in [0, 0.05) is 39.5 Å². The van der Waals surface area contributed by atoms with Crippen LogP contribution in [0.5, 0.6) is 0 Å². The molecule has 14 heteroatoms. The van der Waals surface area contributed by atoms with E-state index in [9.17, 15) is 39.3 Å². The van der Waals surface area contributed by atoms with Gasteiger partial charge in [-0.15, -0.1) is 0 Å². The van der Waals surface area contributed by atoms with E-state index in [4.69, 9.17) is 23.7 Å². The summed E-state index contributed by atoms with van der Waals surface area (Å²) in [5.74, 6) is -6.35. The van der Waals surface area contributed by atoms with E-state index in [-0.39, 0.29) is 0 Å². The molecule has 0 radical (unpaired) electrons. The highest BCUT2D eigenvalue weighted by molar-refractivity contribution is 5.69. The third-order valence-corrected chi connectivity index (χ3v) is 3.60. The molecular weight excluding hydrogens is 436 g/mol. The van der Waals surface area contributed by atoms with Crippen LogP contribution in [0.3, 0.4) is 0 Å². The summed E-state index contributed by atoms with van der Waals surface area (Å²) in [6.07, 6.45) is -7.01. The summed E-state index contributed by atoms with van der Waals surface area (Å²) >= 11 is 0. The van der Waals surface area contributed by atoms with Crippen molar-refractivity contribution in [3.8, 4) is 6.07 Å². The largest absolute Gasteiger partial charge is 0.462 e. The van der Waals surface area contributed by atoms with Crippen LogP contribution in [0, 0.1) is 27.4 Å². The molecule has 5 atom stereocenters. The van der Waals surface area contributed by atoms with Crippen LogP contribution in [0.4, 0.5) is 0 Å². The molecular formula is C18H24N2O12. The Balaban J connectivity index is 6.59. The predicted octanol–water partition coefficient (Wildman–Crippen LogP) is -0.307. The molecule has 0 aliphatic heterocycles. The first-order chi connectivity index (χ1) is 14.8. The molecule has 0 amide bonds. The van der Waals surface area contributed by atoms with Crippen LogP contribution in [-0.4, -0.2) is 72.3 Å². The molecule has 0 heterocycles. The second kappa shape index (κ2) is 13.5. The summed E-state index contributed by atoms with van der Waals surface area (Å²) < 4.78 is 25.1. The van der Waals surface area contributed by atoms with Gasteiger partial charge in [-0.3, -0.25) is 34.1 Å². The van der Waals surface area contributed by atoms with E-state index in [1.807, 2.05) is 0 Å². The van der Waals surface area contributed by atoms with Gasteiger partial charge in [0.15, 0.2) is 30.3 Å². The fourth-order valence-corrected chi connectivity index (χ4v) is 2.62. The maximum absolute atomic E-state index is 11.8. The Morgan fingerprint density at radius 3 is 1.59 bits per heavy atom. The average molecular weight is 460 g/mol. The number of rotatable bonds is 12. The zero-order chi connectivity index (χ0) is 25.0. The Hall–Kier alpha value is -3.76. The Labute approximate surface area is 182 Å². The molecule has 0 unspecified atom stereocenters. The van der Waals surface area contributed by atoms with E-state index in [1.54, 1.807) is 6.07 Å². The van der Waals surface area contributed by atoms with Crippen LogP contribution < -0.4 is 0 Å². The van der Waals surface area contributed by atoms with Gasteiger partial charge < -0.3 is 23.7 Å². The maximum atomic E-state index is 11.8. The number of carbonyl (C=O) groups is 5. The topological polar surface area (TPSA) is 198 Å².